The fourth-order valence-electron chi connectivity index (χ4n) is 4.27. The first-order valence-corrected chi connectivity index (χ1v) is 11.5. The Kier molecular flexibility index (Phi) is 6.24. The van der Waals surface area contributed by atoms with Gasteiger partial charge >= 0.3 is 6.18 Å². The maximum atomic E-state index is 13.6. The molecule has 4 rings (SSSR count). The molecule has 2 heterocycles. The van der Waals surface area contributed by atoms with Crippen LogP contribution in [0.4, 0.5) is 24.5 Å². The van der Waals surface area contributed by atoms with Crippen LogP contribution < -0.4 is 9.80 Å². The van der Waals surface area contributed by atoms with Crippen LogP contribution in [0.1, 0.15) is 47.1 Å². The summed E-state index contributed by atoms with van der Waals surface area (Å²) in [5.74, 6) is -0.603. The van der Waals surface area contributed by atoms with E-state index >= 15 is 0 Å². The summed E-state index contributed by atoms with van der Waals surface area (Å²) >= 11 is 7.26. The SMILES string of the molecule is CC(=O)N(c1ccc(Cl)cc1)[C@@H]1C[C@H](C)N(C(=O)c2cccs2)c2ccc(C(F)(F)F)cc21. The Morgan fingerprint density at radius 2 is 1.82 bits per heavy atom. The fraction of sp³-hybridized carbons (Fsp3) is 0.250. The van der Waals surface area contributed by atoms with Crippen molar-refractivity contribution >= 4 is 46.1 Å². The molecule has 2 amide bonds. The highest BCUT2D eigenvalue weighted by molar-refractivity contribution is 7.12. The molecule has 0 spiro atoms. The smallest absolute Gasteiger partial charge is 0.305 e. The molecule has 0 saturated heterocycles. The molecule has 0 fully saturated rings. The molecule has 0 aliphatic carbocycles. The number of benzene rings is 2. The van der Waals surface area contributed by atoms with Crippen molar-refractivity contribution in [3.63, 3.8) is 0 Å². The van der Waals surface area contributed by atoms with Gasteiger partial charge in [0, 0.05) is 29.4 Å². The van der Waals surface area contributed by atoms with Crippen LogP contribution >= 0.6 is 22.9 Å². The highest BCUT2D eigenvalue weighted by Crippen LogP contribution is 2.45. The fourth-order valence-corrected chi connectivity index (χ4v) is 5.05. The van der Waals surface area contributed by atoms with Crippen molar-refractivity contribution < 1.29 is 22.8 Å². The Morgan fingerprint density at radius 1 is 1.12 bits per heavy atom. The van der Waals surface area contributed by atoms with Crippen LogP contribution in [0.5, 0.6) is 0 Å². The zero-order chi connectivity index (χ0) is 23.9. The van der Waals surface area contributed by atoms with Crippen molar-refractivity contribution in [1.29, 1.82) is 0 Å². The van der Waals surface area contributed by atoms with Gasteiger partial charge in [-0.1, -0.05) is 17.7 Å². The number of alkyl halides is 3. The molecule has 9 heteroatoms. The second-order valence-corrected chi connectivity index (χ2v) is 9.27. The lowest BCUT2D eigenvalue weighted by Crippen LogP contribution is -2.47. The van der Waals surface area contributed by atoms with Crippen LogP contribution in [0.25, 0.3) is 0 Å². The molecule has 3 aromatic rings. The van der Waals surface area contributed by atoms with Crippen molar-refractivity contribution in [3.05, 3.63) is 81.0 Å². The van der Waals surface area contributed by atoms with E-state index in [0.717, 1.165) is 12.1 Å². The molecular weight excluding hydrogens is 473 g/mol. The minimum absolute atomic E-state index is 0.271. The van der Waals surface area contributed by atoms with Crippen LogP contribution in [0.2, 0.25) is 5.02 Å². The minimum Gasteiger partial charge on any atom is -0.305 e. The van der Waals surface area contributed by atoms with E-state index in [1.54, 1.807) is 41.8 Å². The van der Waals surface area contributed by atoms with Gasteiger partial charge in [-0.15, -0.1) is 11.3 Å². The van der Waals surface area contributed by atoms with E-state index in [9.17, 15) is 22.8 Å². The molecule has 2 atom stereocenters. The number of anilines is 2. The van der Waals surface area contributed by atoms with E-state index in [-0.39, 0.29) is 29.8 Å². The number of hydrogen-bond acceptors (Lipinski definition) is 3. The lowest BCUT2D eigenvalue weighted by Gasteiger charge is -2.43. The van der Waals surface area contributed by atoms with Gasteiger partial charge in [-0.2, -0.15) is 13.2 Å². The number of thiophene rings is 1. The third kappa shape index (κ3) is 4.50. The van der Waals surface area contributed by atoms with Crippen LogP contribution in [-0.4, -0.2) is 17.9 Å². The zero-order valence-electron chi connectivity index (χ0n) is 17.8. The summed E-state index contributed by atoms with van der Waals surface area (Å²) in [5.41, 5.74) is 0.331. The van der Waals surface area contributed by atoms with Crippen molar-refractivity contribution in [3.8, 4) is 0 Å². The Labute approximate surface area is 198 Å². The molecule has 172 valence electrons. The summed E-state index contributed by atoms with van der Waals surface area (Å²) in [6.45, 7) is 3.20. The van der Waals surface area contributed by atoms with Crippen molar-refractivity contribution in [2.24, 2.45) is 0 Å². The van der Waals surface area contributed by atoms with E-state index in [4.69, 9.17) is 11.6 Å². The number of nitrogens with zero attached hydrogens (tertiary/aromatic N) is 2. The highest BCUT2D eigenvalue weighted by Gasteiger charge is 2.40. The average molecular weight is 493 g/mol. The Balaban J connectivity index is 1.88. The van der Waals surface area contributed by atoms with Gasteiger partial charge in [0.05, 0.1) is 16.5 Å². The van der Waals surface area contributed by atoms with Gasteiger partial charge in [0.25, 0.3) is 5.91 Å². The number of fused-ring (bicyclic) bond motifs is 1. The molecule has 0 radical (unpaired) electrons. The molecule has 33 heavy (non-hydrogen) atoms. The standard InChI is InChI=1S/C24H20ClF3N2O2S/c1-14-12-21(30(15(2)31)18-8-6-17(25)7-9-18)19-13-16(24(26,27)28)5-10-20(19)29(14)23(32)22-4-3-11-33-22/h3-11,13-14,21H,12H2,1-2H3/t14-,21+/m0/s1. The summed E-state index contributed by atoms with van der Waals surface area (Å²) in [4.78, 5) is 29.5. The molecule has 0 saturated carbocycles. The molecule has 2 aromatic carbocycles. The van der Waals surface area contributed by atoms with Crippen molar-refractivity contribution in [2.45, 2.75) is 38.5 Å². The third-order valence-electron chi connectivity index (χ3n) is 5.69. The predicted octanol–water partition coefficient (Wildman–Crippen LogP) is 6.95. The second kappa shape index (κ2) is 8.83. The van der Waals surface area contributed by atoms with E-state index in [1.165, 1.54) is 34.1 Å². The maximum absolute atomic E-state index is 13.6. The Hall–Kier alpha value is -2.84. The van der Waals surface area contributed by atoms with E-state index in [1.807, 2.05) is 6.92 Å². The number of hydrogen-bond donors (Lipinski definition) is 0. The zero-order valence-corrected chi connectivity index (χ0v) is 19.3. The van der Waals surface area contributed by atoms with Gasteiger partial charge in [-0.3, -0.25) is 9.59 Å². The monoisotopic (exact) mass is 492 g/mol. The first-order valence-electron chi connectivity index (χ1n) is 10.2. The highest BCUT2D eigenvalue weighted by atomic mass is 35.5. The van der Waals surface area contributed by atoms with Gasteiger partial charge in [0.2, 0.25) is 5.91 Å². The quantitative estimate of drug-likeness (QED) is 0.397. The molecule has 1 aliphatic heterocycles. The average Bonchev–Trinajstić information content (AvgIpc) is 3.29. The predicted molar refractivity (Wildman–Crippen MR) is 124 cm³/mol. The molecular formula is C24H20ClF3N2O2S. The van der Waals surface area contributed by atoms with E-state index < -0.39 is 17.8 Å². The number of rotatable bonds is 3. The van der Waals surface area contributed by atoms with Crippen LogP contribution in [0.3, 0.4) is 0 Å². The first kappa shape index (κ1) is 23.3. The van der Waals surface area contributed by atoms with Crippen LogP contribution in [0, 0.1) is 0 Å². The van der Waals surface area contributed by atoms with Crippen LogP contribution in [-0.2, 0) is 11.0 Å². The maximum Gasteiger partial charge on any atom is 0.416 e. The summed E-state index contributed by atoms with van der Waals surface area (Å²) in [5, 5.41) is 2.25. The van der Waals surface area contributed by atoms with Crippen LogP contribution in [0.15, 0.2) is 60.0 Å². The summed E-state index contributed by atoms with van der Waals surface area (Å²) in [7, 11) is 0. The lowest BCUT2D eigenvalue weighted by atomic mass is 9.88. The summed E-state index contributed by atoms with van der Waals surface area (Å²) in [6, 6.07) is 12.3. The van der Waals surface area contributed by atoms with E-state index in [0.29, 0.717) is 21.3 Å². The number of carbonyl (C=O) groups is 2. The molecule has 0 bridgehead atoms. The molecule has 1 aromatic heterocycles. The Morgan fingerprint density at radius 3 is 2.39 bits per heavy atom. The number of halogens is 4. The first-order chi connectivity index (χ1) is 15.6. The van der Waals surface area contributed by atoms with Gasteiger partial charge < -0.3 is 9.80 Å². The third-order valence-corrected chi connectivity index (χ3v) is 6.79. The van der Waals surface area contributed by atoms with Gasteiger partial charge in [-0.25, -0.2) is 0 Å². The lowest BCUT2D eigenvalue weighted by molar-refractivity contribution is -0.137. The largest absolute Gasteiger partial charge is 0.416 e. The minimum atomic E-state index is -4.56. The second-order valence-electron chi connectivity index (χ2n) is 7.89. The van der Waals surface area contributed by atoms with Gasteiger partial charge in [-0.05, 0) is 72.8 Å². The van der Waals surface area contributed by atoms with Gasteiger partial charge in [0.15, 0.2) is 0 Å². The van der Waals surface area contributed by atoms with E-state index in [2.05, 4.69) is 0 Å². The number of amides is 2. The molecule has 0 unspecified atom stereocenters. The topological polar surface area (TPSA) is 40.6 Å². The summed E-state index contributed by atoms with van der Waals surface area (Å²) in [6.07, 6.45) is -4.29. The van der Waals surface area contributed by atoms with Gasteiger partial charge in [0.1, 0.15) is 0 Å². The van der Waals surface area contributed by atoms with Crippen molar-refractivity contribution in [2.75, 3.05) is 9.80 Å². The molecule has 4 nitrogen and oxygen atoms in total. The normalized spacial score (nSPS) is 18.1. The van der Waals surface area contributed by atoms with Crippen molar-refractivity contribution in [1.82, 2.24) is 0 Å². The number of carbonyl (C=O) groups excluding carboxylic acids is 2. The Bertz CT molecular complexity index is 1180. The molecule has 0 N–H and O–H groups in total. The summed E-state index contributed by atoms with van der Waals surface area (Å²) < 4.78 is 40.8. The molecule has 1 aliphatic rings.